The van der Waals surface area contributed by atoms with Crippen LogP contribution >= 0.6 is 0 Å². The Balaban J connectivity index is 3.10. The van der Waals surface area contributed by atoms with Crippen LogP contribution in [-0.2, 0) is 21.3 Å². The second kappa shape index (κ2) is 6.00. The van der Waals surface area contributed by atoms with E-state index in [1.165, 1.54) is 7.11 Å². The maximum absolute atomic E-state index is 12.4. The zero-order chi connectivity index (χ0) is 14.7. The molecule has 0 saturated heterocycles. The van der Waals surface area contributed by atoms with E-state index in [4.69, 9.17) is 4.74 Å². The summed E-state index contributed by atoms with van der Waals surface area (Å²) in [5.41, 5.74) is 0.306. The van der Waals surface area contributed by atoms with Gasteiger partial charge in [-0.25, -0.2) is 13.1 Å². The summed E-state index contributed by atoms with van der Waals surface area (Å²) in [6, 6.07) is 0. The van der Waals surface area contributed by atoms with Gasteiger partial charge in [-0.1, -0.05) is 0 Å². The first-order chi connectivity index (χ1) is 8.73. The highest BCUT2D eigenvalue weighted by molar-refractivity contribution is 7.89. The second-order valence-corrected chi connectivity index (χ2v) is 6.70. The fourth-order valence-corrected chi connectivity index (χ4v) is 3.68. The first-order valence-electron chi connectivity index (χ1n) is 5.95. The van der Waals surface area contributed by atoms with Gasteiger partial charge >= 0.3 is 0 Å². The topological polar surface area (TPSA) is 96.1 Å². The molecule has 0 aromatic carbocycles. The highest BCUT2D eigenvalue weighted by atomic mass is 32.2. The van der Waals surface area contributed by atoms with Crippen molar-refractivity contribution >= 4 is 10.0 Å². The van der Waals surface area contributed by atoms with Crippen LogP contribution < -0.4 is 10.0 Å². The van der Waals surface area contributed by atoms with Crippen LogP contribution in [0.2, 0.25) is 0 Å². The third-order valence-corrected chi connectivity index (χ3v) is 4.39. The fraction of sp³-hybridized carbons (Fsp3) is 0.727. The number of aryl methyl sites for hydroxylation is 1. The number of nitrogens with one attached hydrogen (secondary N) is 3. The minimum atomic E-state index is -3.64. The van der Waals surface area contributed by atoms with E-state index in [1.54, 1.807) is 27.8 Å². The molecule has 0 saturated carbocycles. The van der Waals surface area contributed by atoms with Crippen molar-refractivity contribution in [3.05, 3.63) is 11.4 Å². The van der Waals surface area contributed by atoms with Crippen LogP contribution in [0.15, 0.2) is 4.90 Å². The molecule has 0 unspecified atom stereocenters. The number of H-pyrrole nitrogens is 1. The van der Waals surface area contributed by atoms with Gasteiger partial charge in [0.05, 0.1) is 23.5 Å². The van der Waals surface area contributed by atoms with Gasteiger partial charge in [-0.05, 0) is 27.8 Å². The van der Waals surface area contributed by atoms with Crippen LogP contribution in [0.4, 0.5) is 0 Å². The number of aromatic nitrogens is 2. The number of methoxy groups -OCH3 is 1. The van der Waals surface area contributed by atoms with Crippen molar-refractivity contribution < 1.29 is 13.2 Å². The Bertz CT molecular complexity index is 522. The molecule has 0 aliphatic rings. The molecule has 1 aromatic rings. The van der Waals surface area contributed by atoms with E-state index in [-0.39, 0.29) is 11.5 Å². The summed E-state index contributed by atoms with van der Waals surface area (Å²) in [7, 11) is -0.372. The molecule has 0 aliphatic heterocycles. The molecule has 8 heteroatoms. The minimum Gasteiger partial charge on any atom is -0.383 e. The summed E-state index contributed by atoms with van der Waals surface area (Å²) in [6.45, 7) is 5.88. The average Bonchev–Trinajstić information content (AvgIpc) is 2.59. The van der Waals surface area contributed by atoms with Gasteiger partial charge in [0, 0.05) is 13.7 Å². The molecule has 0 radical (unpaired) electrons. The molecule has 1 aromatic heterocycles. The first-order valence-corrected chi connectivity index (χ1v) is 7.43. The zero-order valence-corrected chi connectivity index (χ0v) is 12.8. The lowest BCUT2D eigenvalue weighted by Crippen LogP contribution is -2.46. The number of aromatic amines is 1. The van der Waals surface area contributed by atoms with E-state index >= 15 is 0 Å². The Labute approximate surface area is 114 Å². The third-order valence-electron chi connectivity index (χ3n) is 2.49. The van der Waals surface area contributed by atoms with E-state index in [0.29, 0.717) is 17.9 Å². The first kappa shape index (κ1) is 16.1. The van der Waals surface area contributed by atoms with Gasteiger partial charge < -0.3 is 10.1 Å². The van der Waals surface area contributed by atoms with Crippen LogP contribution in [0.3, 0.4) is 0 Å². The van der Waals surface area contributed by atoms with E-state index < -0.39 is 15.6 Å². The summed E-state index contributed by atoms with van der Waals surface area (Å²) in [6.07, 6.45) is 0. The van der Waals surface area contributed by atoms with Crippen LogP contribution in [0.5, 0.6) is 0 Å². The summed E-state index contributed by atoms with van der Waals surface area (Å²) in [5.74, 6) is 0. The Morgan fingerprint density at radius 1 is 1.42 bits per heavy atom. The lowest BCUT2D eigenvalue weighted by Gasteiger charge is -2.25. The molecule has 0 amide bonds. The van der Waals surface area contributed by atoms with Crippen molar-refractivity contribution in [3.63, 3.8) is 0 Å². The van der Waals surface area contributed by atoms with Crippen LogP contribution in [0.25, 0.3) is 0 Å². The molecule has 19 heavy (non-hydrogen) atoms. The maximum atomic E-state index is 12.4. The molecule has 0 aliphatic carbocycles. The molecule has 0 bridgehead atoms. The maximum Gasteiger partial charge on any atom is 0.244 e. The summed E-state index contributed by atoms with van der Waals surface area (Å²) >= 11 is 0. The van der Waals surface area contributed by atoms with Crippen molar-refractivity contribution in [3.8, 4) is 0 Å². The molecule has 3 N–H and O–H groups in total. The fourth-order valence-electron chi connectivity index (χ4n) is 1.92. The number of hydrogen-bond acceptors (Lipinski definition) is 5. The van der Waals surface area contributed by atoms with E-state index in [2.05, 4.69) is 20.2 Å². The van der Waals surface area contributed by atoms with Gasteiger partial charge in [-0.3, -0.25) is 5.10 Å². The quantitative estimate of drug-likeness (QED) is 0.664. The summed E-state index contributed by atoms with van der Waals surface area (Å²) < 4.78 is 32.5. The van der Waals surface area contributed by atoms with Gasteiger partial charge in [-0.15, -0.1) is 0 Å². The zero-order valence-electron chi connectivity index (χ0n) is 12.0. The van der Waals surface area contributed by atoms with E-state index in [9.17, 15) is 8.42 Å². The van der Waals surface area contributed by atoms with Gasteiger partial charge in [0.1, 0.15) is 4.90 Å². The normalized spacial score (nSPS) is 12.9. The van der Waals surface area contributed by atoms with Crippen LogP contribution in [-0.4, -0.2) is 44.9 Å². The van der Waals surface area contributed by atoms with Crippen molar-refractivity contribution in [2.75, 3.05) is 20.8 Å². The van der Waals surface area contributed by atoms with E-state index in [1.807, 2.05) is 0 Å². The predicted octanol–water partition coefficient (Wildman–Crippen LogP) is 0.141. The molecule has 0 fully saturated rings. The predicted molar refractivity (Wildman–Crippen MR) is 72.4 cm³/mol. The molecule has 0 spiro atoms. The molecule has 110 valence electrons. The van der Waals surface area contributed by atoms with Crippen molar-refractivity contribution in [1.82, 2.24) is 20.2 Å². The van der Waals surface area contributed by atoms with Crippen molar-refractivity contribution in [2.45, 2.75) is 37.8 Å². The molecular formula is C11H22N4O3S. The van der Waals surface area contributed by atoms with Crippen molar-refractivity contribution in [2.24, 2.45) is 0 Å². The minimum absolute atomic E-state index is 0.200. The summed E-state index contributed by atoms with van der Waals surface area (Å²) in [4.78, 5) is 0.200. The molecule has 1 heterocycles. The number of nitrogens with zero attached hydrogens (tertiary/aromatic N) is 1. The monoisotopic (exact) mass is 290 g/mol. The Morgan fingerprint density at radius 2 is 2.05 bits per heavy atom. The van der Waals surface area contributed by atoms with Gasteiger partial charge in [0.25, 0.3) is 0 Å². The van der Waals surface area contributed by atoms with Crippen molar-refractivity contribution in [1.29, 1.82) is 0 Å². The highest BCUT2D eigenvalue weighted by Gasteiger charge is 2.30. The standard InChI is InChI=1S/C11H22N4O3S/c1-8-10(9(6-12-4)14-13-8)19(16,17)15-11(2,3)7-18-5/h12,15H,6-7H2,1-5H3,(H,13,14). The largest absolute Gasteiger partial charge is 0.383 e. The van der Waals surface area contributed by atoms with Crippen LogP contribution in [0, 0.1) is 6.92 Å². The second-order valence-electron chi connectivity index (χ2n) is 5.08. The number of rotatable bonds is 7. The number of ether oxygens (including phenoxy) is 1. The average molecular weight is 290 g/mol. The Kier molecular flexibility index (Phi) is 5.08. The number of sulfonamides is 1. The lowest BCUT2D eigenvalue weighted by molar-refractivity contribution is 0.141. The molecule has 0 atom stereocenters. The molecule has 1 rings (SSSR count). The van der Waals surface area contributed by atoms with E-state index in [0.717, 1.165) is 0 Å². The smallest absolute Gasteiger partial charge is 0.244 e. The van der Waals surface area contributed by atoms with Gasteiger partial charge in [-0.2, -0.15) is 5.10 Å². The Hall–Kier alpha value is -0.960. The SMILES string of the molecule is CNCc1n[nH]c(C)c1S(=O)(=O)NC(C)(C)COC. The van der Waals surface area contributed by atoms with Gasteiger partial charge in [0.2, 0.25) is 10.0 Å². The lowest BCUT2D eigenvalue weighted by atomic mass is 10.1. The third kappa shape index (κ3) is 4.00. The highest BCUT2D eigenvalue weighted by Crippen LogP contribution is 2.19. The van der Waals surface area contributed by atoms with Crippen LogP contribution in [0.1, 0.15) is 25.2 Å². The Morgan fingerprint density at radius 3 is 2.58 bits per heavy atom. The number of hydrogen-bond donors (Lipinski definition) is 3. The van der Waals surface area contributed by atoms with Gasteiger partial charge in [0.15, 0.2) is 0 Å². The molecule has 7 nitrogen and oxygen atoms in total. The summed E-state index contributed by atoms with van der Waals surface area (Å²) in [5, 5.41) is 9.61. The molecular weight excluding hydrogens is 268 g/mol.